The number of hydrogen-bond acceptors (Lipinski definition) is 2. The van der Waals surface area contributed by atoms with Crippen molar-refractivity contribution >= 4 is 11.7 Å². The molecule has 0 radical (unpaired) electrons. The van der Waals surface area contributed by atoms with Gasteiger partial charge in [0.25, 0.3) is 0 Å². The van der Waals surface area contributed by atoms with Crippen molar-refractivity contribution in [3.63, 3.8) is 0 Å². The molecule has 1 fully saturated rings. The number of nitrogens with two attached hydrogens (primary N) is 1. The van der Waals surface area contributed by atoms with E-state index >= 15 is 0 Å². The van der Waals surface area contributed by atoms with Gasteiger partial charge in [-0.15, -0.1) is 0 Å². The van der Waals surface area contributed by atoms with E-state index in [0.29, 0.717) is 11.9 Å². The van der Waals surface area contributed by atoms with Gasteiger partial charge in [-0.3, -0.25) is 9.79 Å². The number of nitrogens with one attached hydrogen (secondary N) is 1. The van der Waals surface area contributed by atoms with Gasteiger partial charge in [0.05, 0.1) is 5.84 Å². The molecule has 1 aliphatic carbocycles. The lowest BCUT2D eigenvalue weighted by Gasteiger charge is -1.98. The monoisotopic (exact) mass is 155 g/mol. The molecule has 1 amide bonds. The van der Waals surface area contributed by atoms with Crippen molar-refractivity contribution in [3.05, 3.63) is 0 Å². The molecule has 0 spiro atoms. The standard InChI is InChI=1S/C7H13N3O/c1-5(8)9-4-7(11)10-6-2-3-6/h6H,2-4H2,1H3,(H2,8,9)(H,10,11). The zero-order chi connectivity index (χ0) is 8.27. The van der Waals surface area contributed by atoms with Crippen LogP contribution in [-0.2, 0) is 4.79 Å². The van der Waals surface area contributed by atoms with Crippen LogP contribution in [0.25, 0.3) is 0 Å². The van der Waals surface area contributed by atoms with Crippen LogP contribution in [0.5, 0.6) is 0 Å². The van der Waals surface area contributed by atoms with Crippen molar-refractivity contribution < 1.29 is 4.79 Å². The van der Waals surface area contributed by atoms with Crippen LogP contribution < -0.4 is 11.1 Å². The predicted octanol–water partition coefficient (Wildman–Crippen LogP) is -0.358. The van der Waals surface area contributed by atoms with E-state index in [1.54, 1.807) is 6.92 Å². The third kappa shape index (κ3) is 3.60. The van der Waals surface area contributed by atoms with Gasteiger partial charge < -0.3 is 11.1 Å². The quantitative estimate of drug-likeness (QED) is 0.432. The first-order valence-electron chi connectivity index (χ1n) is 3.74. The van der Waals surface area contributed by atoms with Gasteiger partial charge in [0.1, 0.15) is 6.54 Å². The smallest absolute Gasteiger partial charge is 0.241 e. The average Bonchev–Trinajstić information content (AvgIpc) is 2.67. The number of carbonyl (C=O) groups is 1. The Labute approximate surface area is 65.9 Å². The zero-order valence-electron chi connectivity index (χ0n) is 6.63. The fourth-order valence-corrected chi connectivity index (χ4v) is 0.697. The number of nitrogens with zero attached hydrogens (tertiary/aromatic N) is 1. The highest BCUT2D eigenvalue weighted by atomic mass is 16.1. The van der Waals surface area contributed by atoms with Gasteiger partial charge in [-0.05, 0) is 19.8 Å². The van der Waals surface area contributed by atoms with Crippen LogP contribution in [0.2, 0.25) is 0 Å². The lowest BCUT2D eigenvalue weighted by Crippen LogP contribution is -2.28. The number of carbonyl (C=O) groups excluding carboxylic acids is 1. The second-order valence-corrected chi connectivity index (χ2v) is 2.80. The van der Waals surface area contributed by atoms with Gasteiger partial charge in [0.2, 0.25) is 5.91 Å². The predicted molar refractivity (Wildman–Crippen MR) is 43.3 cm³/mol. The first-order valence-corrected chi connectivity index (χ1v) is 3.74. The molecule has 3 N–H and O–H groups in total. The highest BCUT2D eigenvalue weighted by Crippen LogP contribution is 2.18. The van der Waals surface area contributed by atoms with Gasteiger partial charge in [-0.2, -0.15) is 0 Å². The molecule has 11 heavy (non-hydrogen) atoms. The third-order valence-electron chi connectivity index (χ3n) is 1.41. The Morgan fingerprint density at radius 1 is 1.73 bits per heavy atom. The number of amidine groups is 1. The van der Waals surface area contributed by atoms with E-state index in [0.717, 1.165) is 12.8 Å². The third-order valence-corrected chi connectivity index (χ3v) is 1.41. The first-order chi connectivity index (χ1) is 5.18. The Kier molecular flexibility index (Phi) is 2.46. The summed E-state index contributed by atoms with van der Waals surface area (Å²) in [4.78, 5) is 14.7. The largest absolute Gasteiger partial charge is 0.388 e. The van der Waals surface area contributed by atoms with Crippen LogP contribution in [0.4, 0.5) is 0 Å². The van der Waals surface area contributed by atoms with Crippen LogP contribution >= 0.6 is 0 Å². The summed E-state index contributed by atoms with van der Waals surface area (Å²) in [6.07, 6.45) is 2.22. The highest BCUT2D eigenvalue weighted by molar-refractivity contribution is 5.84. The SMILES string of the molecule is CC(N)=NCC(=O)NC1CC1. The molecule has 1 rings (SSSR count). The van der Waals surface area contributed by atoms with Crippen molar-refractivity contribution in [3.8, 4) is 0 Å². The molecular formula is C7H13N3O. The van der Waals surface area contributed by atoms with E-state index in [1.165, 1.54) is 0 Å². The molecule has 1 saturated carbocycles. The summed E-state index contributed by atoms with van der Waals surface area (Å²) in [5, 5.41) is 2.81. The maximum Gasteiger partial charge on any atom is 0.241 e. The van der Waals surface area contributed by atoms with Crippen molar-refractivity contribution in [1.82, 2.24) is 5.32 Å². The van der Waals surface area contributed by atoms with Gasteiger partial charge in [0.15, 0.2) is 0 Å². The minimum atomic E-state index is -0.0303. The number of hydrogen-bond donors (Lipinski definition) is 2. The molecule has 0 aliphatic heterocycles. The Morgan fingerprint density at radius 3 is 2.82 bits per heavy atom. The topological polar surface area (TPSA) is 67.5 Å². The minimum Gasteiger partial charge on any atom is -0.388 e. The molecule has 0 aromatic heterocycles. The summed E-state index contributed by atoms with van der Waals surface area (Å²) >= 11 is 0. The van der Waals surface area contributed by atoms with E-state index in [2.05, 4.69) is 10.3 Å². The lowest BCUT2D eigenvalue weighted by atomic mass is 10.5. The Bertz CT molecular complexity index is 180. The van der Waals surface area contributed by atoms with E-state index in [-0.39, 0.29) is 12.5 Å². The average molecular weight is 155 g/mol. The fraction of sp³-hybridized carbons (Fsp3) is 0.714. The molecule has 0 unspecified atom stereocenters. The Balaban J connectivity index is 2.14. The second kappa shape index (κ2) is 3.37. The van der Waals surface area contributed by atoms with Crippen LogP contribution in [0.3, 0.4) is 0 Å². The molecule has 62 valence electrons. The second-order valence-electron chi connectivity index (χ2n) is 2.80. The van der Waals surface area contributed by atoms with Crippen LogP contribution in [-0.4, -0.2) is 24.3 Å². The molecule has 0 heterocycles. The number of aliphatic imine (C=N–C) groups is 1. The summed E-state index contributed by atoms with van der Waals surface area (Å²) < 4.78 is 0. The summed E-state index contributed by atoms with van der Waals surface area (Å²) in [5.74, 6) is 0.424. The van der Waals surface area contributed by atoms with Gasteiger partial charge in [0, 0.05) is 6.04 Å². The van der Waals surface area contributed by atoms with Gasteiger partial charge >= 0.3 is 0 Å². The van der Waals surface area contributed by atoms with E-state index in [1.807, 2.05) is 0 Å². The summed E-state index contributed by atoms with van der Waals surface area (Å²) in [6, 6.07) is 0.413. The molecule has 0 saturated heterocycles. The fourth-order valence-electron chi connectivity index (χ4n) is 0.697. The Hall–Kier alpha value is -1.06. The molecule has 4 nitrogen and oxygen atoms in total. The van der Waals surface area contributed by atoms with Crippen molar-refractivity contribution in [2.45, 2.75) is 25.8 Å². The first kappa shape index (κ1) is 8.04. The molecule has 0 atom stereocenters. The Morgan fingerprint density at radius 2 is 2.36 bits per heavy atom. The molecule has 1 aliphatic rings. The van der Waals surface area contributed by atoms with E-state index in [4.69, 9.17) is 5.73 Å². The minimum absolute atomic E-state index is 0.0303. The maximum absolute atomic E-state index is 10.9. The molecule has 0 bridgehead atoms. The van der Waals surface area contributed by atoms with Crippen LogP contribution in [0.1, 0.15) is 19.8 Å². The van der Waals surface area contributed by atoms with Crippen molar-refractivity contribution in [2.24, 2.45) is 10.7 Å². The summed E-state index contributed by atoms with van der Waals surface area (Å²) in [6.45, 7) is 1.84. The van der Waals surface area contributed by atoms with Crippen LogP contribution in [0, 0.1) is 0 Å². The summed E-state index contributed by atoms with van der Waals surface area (Å²) in [5.41, 5.74) is 5.26. The zero-order valence-corrected chi connectivity index (χ0v) is 6.63. The summed E-state index contributed by atoms with van der Waals surface area (Å²) in [7, 11) is 0. The highest BCUT2D eigenvalue weighted by Gasteiger charge is 2.22. The van der Waals surface area contributed by atoms with Gasteiger partial charge in [-0.25, -0.2) is 0 Å². The molecule has 4 heteroatoms. The van der Waals surface area contributed by atoms with Crippen LogP contribution in [0.15, 0.2) is 4.99 Å². The number of rotatable bonds is 3. The molecular weight excluding hydrogens is 142 g/mol. The van der Waals surface area contributed by atoms with E-state index in [9.17, 15) is 4.79 Å². The maximum atomic E-state index is 10.9. The number of amides is 1. The molecule has 0 aromatic carbocycles. The van der Waals surface area contributed by atoms with Crippen molar-refractivity contribution in [1.29, 1.82) is 0 Å². The van der Waals surface area contributed by atoms with Crippen molar-refractivity contribution in [2.75, 3.05) is 6.54 Å². The van der Waals surface area contributed by atoms with Gasteiger partial charge in [-0.1, -0.05) is 0 Å². The normalized spacial score (nSPS) is 18.1. The molecule has 0 aromatic rings. The lowest BCUT2D eigenvalue weighted by molar-refractivity contribution is -0.119. The van der Waals surface area contributed by atoms with E-state index < -0.39 is 0 Å².